The number of carbonyl (C=O) groups excluding carboxylic acids is 1. The van der Waals surface area contributed by atoms with E-state index in [4.69, 9.17) is 4.74 Å². The monoisotopic (exact) mass is 287 g/mol. The number of likely N-dealkylation sites (tertiary alicyclic amines) is 1. The Kier molecular flexibility index (Phi) is 3.97. The van der Waals surface area contributed by atoms with E-state index in [0.717, 1.165) is 41.2 Å². The number of benzene rings is 1. The van der Waals surface area contributed by atoms with E-state index < -0.39 is 0 Å². The second-order valence-corrected chi connectivity index (χ2v) is 6.15. The number of nitrogens with one attached hydrogen (secondary N) is 2. The van der Waals surface area contributed by atoms with Gasteiger partial charge in [-0.1, -0.05) is 6.92 Å². The minimum atomic E-state index is 0.232. The summed E-state index contributed by atoms with van der Waals surface area (Å²) in [4.78, 5) is 17.1. The number of methoxy groups -OCH3 is 1. The lowest BCUT2D eigenvalue weighted by atomic mass is 9.98. The summed E-state index contributed by atoms with van der Waals surface area (Å²) in [6.45, 7) is 5.13. The van der Waals surface area contributed by atoms with E-state index in [1.807, 2.05) is 24.4 Å². The van der Waals surface area contributed by atoms with Crippen LogP contribution in [0.5, 0.6) is 5.75 Å². The van der Waals surface area contributed by atoms with Gasteiger partial charge in [-0.2, -0.15) is 0 Å². The van der Waals surface area contributed by atoms with Crippen LogP contribution in [-0.4, -0.2) is 37.5 Å². The van der Waals surface area contributed by atoms with Gasteiger partial charge in [-0.25, -0.2) is 0 Å². The first kappa shape index (κ1) is 14.1. The summed E-state index contributed by atoms with van der Waals surface area (Å²) in [6, 6.07) is 5.80. The molecule has 0 radical (unpaired) electrons. The minimum absolute atomic E-state index is 0.232. The van der Waals surface area contributed by atoms with Crippen molar-refractivity contribution >= 4 is 16.7 Å². The predicted octanol–water partition coefficient (Wildman–Crippen LogP) is 1.67. The molecule has 1 aromatic carbocycles. The molecule has 0 unspecified atom stereocenters. The van der Waals surface area contributed by atoms with Gasteiger partial charge in [-0.05, 0) is 30.9 Å². The molecule has 0 spiro atoms. The summed E-state index contributed by atoms with van der Waals surface area (Å²) in [5.41, 5.74) is 1.76. The van der Waals surface area contributed by atoms with Crippen LogP contribution in [0.25, 0.3) is 10.9 Å². The molecule has 3 rings (SSSR count). The number of hydrogen-bond donors (Lipinski definition) is 2. The number of ketones is 1. The van der Waals surface area contributed by atoms with E-state index in [1.165, 1.54) is 17.7 Å². The van der Waals surface area contributed by atoms with Crippen molar-refractivity contribution in [2.75, 3.05) is 26.7 Å². The van der Waals surface area contributed by atoms with Crippen LogP contribution in [0.1, 0.15) is 30.1 Å². The molecule has 0 saturated carbocycles. The third kappa shape index (κ3) is 2.95. The number of rotatable bonds is 4. The van der Waals surface area contributed by atoms with Gasteiger partial charge in [0.05, 0.1) is 20.2 Å². The van der Waals surface area contributed by atoms with Crippen molar-refractivity contribution < 1.29 is 14.4 Å². The number of H-pyrrole nitrogens is 1. The zero-order chi connectivity index (χ0) is 14.8. The summed E-state index contributed by atoms with van der Waals surface area (Å²) < 4.78 is 5.21. The lowest BCUT2D eigenvalue weighted by molar-refractivity contribution is -0.897. The lowest BCUT2D eigenvalue weighted by Crippen LogP contribution is -3.13. The normalized spacial score (nSPS) is 22.4. The molecule has 21 heavy (non-hydrogen) atoms. The number of ether oxygens (including phenoxy) is 1. The Morgan fingerprint density at radius 2 is 2.14 bits per heavy atom. The first-order valence-electron chi connectivity index (χ1n) is 7.69. The highest BCUT2D eigenvalue weighted by molar-refractivity contribution is 6.08. The predicted molar refractivity (Wildman–Crippen MR) is 83.1 cm³/mol. The van der Waals surface area contributed by atoms with Crippen molar-refractivity contribution in [3.63, 3.8) is 0 Å². The highest BCUT2D eigenvalue weighted by Gasteiger charge is 2.23. The van der Waals surface area contributed by atoms with Gasteiger partial charge < -0.3 is 14.6 Å². The fourth-order valence-electron chi connectivity index (χ4n) is 3.13. The van der Waals surface area contributed by atoms with Gasteiger partial charge in [0.1, 0.15) is 12.3 Å². The number of carbonyl (C=O) groups is 1. The van der Waals surface area contributed by atoms with Gasteiger partial charge in [0.25, 0.3) is 0 Å². The highest BCUT2D eigenvalue weighted by Crippen LogP contribution is 2.23. The molecule has 4 nitrogen and oxygen atoms in total. The van der Waals surface area contributed by atoms with E-state index in [-0.39, 0.29) is 5.78 Å². The quantitative estimate of drug-likeness (QED) is 0.840. The maximum atomic E-state index is 12.6. The summed E-state index contributed by atoms with van der Waals surface area (Å²) in [7, 11) is 1.65. The van der Waals surface area contributed by atoms with E-state index in [1.54, 1.807) is 7.11 Å². The zero-order valence-electron chi connectivity index (χ0n) is 12.7. The maximum Gasteiger partial charge on any atom is 0.219 e. The molecule has 1 aliphatic rings. The average molecular weight is 287 g/mol. The van der Waals surface area contributed by atoms with Crippen LogP contribution in [0.15, 0.2) is 24.4 Å². The van der Waals surface area contributed by atoms with Gasteiger partial charge in [0, 0.05) is 28.7 Å². The standard InChI is InChI=1S/C17H22N2O2/c1-12-5-7-19(8-6-12)11-17(20)15-10-18-16-9-13(21-2)3-4-14(15)16/h3-4,9-10,12,18H,5-8,11H2,1-2H3/p+1. The first-order chi connectivity index (χ1) is 10.2. The molecule has 2 N–H and O–H groups in total. The molecule has 112 valence electrons. The zero-order valence-corrected chi connectivity index (χ0v) is 12.7. The number of aromatic amines is 1. The lowest BCUT2D eigenvalue weighted by Gasteiger charge is -2.26. The number of fused-ring (bicyclic) bond motifs is 1. The van der Waals surface area contributed by atoms with Crippen LogP contribution in [0, 0.1) is 5.92 Å². The van der Waals surface area contributed by atoms with Gasteiger partial charge >= 0.3 is 0 Å². The van der Waals surface area contributed by atoms with Gasteiger partial charge in [0.15, 0.2) is 0 Å². The Hall–Kier alpha value is -1.81. The summed E-state index contributed by atoms with van der Waals surface area (Å²) in [6.07, 6.45) is 4.29. The van der Waals surface area contributed by atoms with Crippen LogP contribution in [0.3, 0.4) is 0 Å². The van der Waals surface area contributed by atoms with Crippen molar-refractivity contribution in [3.05, 3.63) is 30.0 Å². The molecule has 2 aromatic rings. The van der Waals surface area contributed by atoms with Crippen LogP contribution in [0.4, 0.5) is 0 Å². The second-order valence-electron chi connectivity index (χ2n) is 6.15. The third-order valence-corrected chi connectivity index (χ3v) is 4.58. The van der Waals surface area contributed by atoms with Crippen LogP contribution in [-0.2, 0) is 0 Å². The van der Waals surface area contributed by atoms with Crippen molar-refractivity contribution in [2.45, 2.75) is 19.8 Å². The molecule has 0 bridgehead atoms. The Bertz CT molecular complexity index is 639. The molecule has 0 aliphatic carbocycles. The third-order valence-electron chi connectivity index (χ3n) is 4.58. The van der Waals surface area contributed by atoms with Gasteiger partial charge in [-0.15, -0.1) is 0 Å². The number of piperidine rings is 1. The molecular weight excluding hydrogens is 264 g/mol. The molecule has 1 aliphatic heterocycles. The number of aromatic nitrogens is 1. The largest absolute Gasteiger partial charge is 0.497 e. The van der Waals surface area contributed by atoms with Crippen LogP contribution >= 0.6 is 0 Å². The van der Waals surface area contributed by atoms with Crippen LogP contribution in [0.2, 0.25) is 0 Å². The highest BCUT2D eigenvalue weighted by atomic mass is 16.5. The smallest absolute Gasteiger partial charge is 0.219 e. The number of hydrogen-bond acceptors (Lipinski definition) is 2. The van der Waals surface area contributed by atoms with Gasteiger partial charge in [-0.3, -0.25) is 4.79 Å². The molecule has 0 atom stereocenters. The SMILES string of the molecule is COc1ccc2c(C(=O)C[NH+]3CCC(C)CC3)c[nH]c2c1. The van der Waals surface area contributed by atoms with Crippen molar-refractivity contribution in [3.8, 4) is 5.75 Å². The number of Topliss-reactive ketones (excluding diaryl/α,β-unsaturated/α-hetero) is 1. The first-order valence-corrected chi connectivity index (χ1v) is 7.69. The van der Waals surface area contributed by atoms with Crippen molar-refractivity contribution in [1.82, 2.24) is 4.98 Å². The number of quaternary nitrogens is 1. The molecule has 4 heteroatoms. The Labute approximate surface area is 125 Å². The van der Waals surface area contributed by atoms with Gasteiger partial charge in [0.2, 0.25) is 5.78 Å². The van der Waals surface area contributed by atoms with Crippen molar-refractivity contribution in [1.29, 1.82) is 0 Å². The molecule has 1 saturated heterocycles. The van der Waals surface area contributed by atoms with E-state index >= 15 is 0 Å². The maximum absolute atomic E-state index is 12.6. The van der Waals surface area contributed by atoms with Crippen LogP contribution < -0.4 is 9.64 Å². The fraction of sp³-hybridized carbons (Fsp3) is 0.471. The summed E-state index contributed by atoms with van der Waals surface area (Å²) >= 11 is 0. The average Bonchev–Trinajstić information content (AvgIpc) is 2.92. The molecule has 1 aromatic heterocycles. The Morgan fingerprint density at radius 1 is 1.38 bits per heavy atom. The van der Waals surface area contributed by atoms with E-state index in [9.17, 15) is 4.79 Å². The summed E-state index contributed by atoms with van der Waals surface area (Å²) in [5.74, 6) is 1.85. The Balaban J connectivity index is 1.75. The Morgan fingerprint density at radius 3 is 2.86 bits per heavy atom. The fourth-order valence-corrected chi connectivity index (χ4v) is 3.13. The second kappa shape index (κ2) is 5.90. The molecule has 0 amide bonds. The van der Waals surface area contributed by atoms with E-state index in [2.05, 4.69) is 11.9 Å². The topological polar surface area (TPSA) is 46.5 Å². The summed E-state index contributed by atoms with van der Waals surface area (Å²) in [5, 5.41) is 0.991. The minimum Gasteiger partial charge on any atom is -0.497 e. The van der Waals surface area contributed by atoms with Crippen molar-refractivity contribution in [2.24, 2.45) is 5.92 Å². The molecule has 1 fully saturated rings. The molecular formula is C17H23N2O2+. The van der Waals surface area contributed by atoms with E-state index in [0.29, 0.717) is 6.54 Å². The molecule has 2 heterocycles.